The minimum atomic E-state index is -1.61. The average Bonchev–Trinajstić information content (AvgIpc) is 3.39. The van der Waals surface area contributed by atoms with Crippen molar-refractivity contribution in [2.24, 2.45) is 11.8 Å². The average molecular weight is 487 g/mol. The number of fused-ring (bicyclic) bond motifs is 1. The smallest absolute Gasteiger partial charge is 0.331 e. The number of carbonyl (C=O) groups is 3. The Balaban J connectivity index is 1.73. The molecule has 5 rings (SSSR count). The molecule has 2 fully saturated rings. The molecule has 3 aromatic rings. The Hall–Kier alpha value is -4.17. The second kappa shape index (κ2) is 8.80. The fourth-order valence-electron chi connectivity index (χ4n) is 5.46. The molecule has 0 radical (unpaired) electrons. The van der Waals surface area contributed by atoms with Gasteiger partial charge < -0.3 is 14.6 Å². The van der Waals surface area contributed by atoms with Gasteiger partial charge in [0, 0.05) is 6.04 Å². The number of benzene rings is 3. The fourth-order valence-corrected chi connectivity index (χ4v) is 5.46. The molecule has 0 aliphatic carbocycles. The molecule has 0 bridgehead atoms. The lowest BCUT2D eigenvalue weighted by molar-refractivity contribution is -0.152. The van der Waals surface area contributed by atoms with Crippen molar-refractivity contribution < 1.29 is 29.0 Å². The predicted octanol–water partition coefficient (Wildman–Crippen LogP) is 3.23. The minimum absolute atomic E-state index is 0.0619. The van der Waals surface area contributed by atoms with E-state index in [1.807, 2.05) is 25.1 Å². The number of hydrogen-bond donors (Lipinski definition) is 2. The Labute approximate surface area is 208 Å². The topological polar surface area (TPSA) is 105 Å². The number of phenols is 1. The van der Waals surface area contributed by atoms with Crippen LogP contribution in [0.2, 0.25) is 0 Å². The molecule has 184 valence electrons. The SMILES string of the molecule is COC(=O)[C@]1(c2ccccc2)N[C@H](c2ccc(O)c(OC)c2)[C@H]2C(=O)N(c3ccc(C)cc3)C(=O)[C@@H]21. The van der Waals surface area contributed by atoms with E-state index in [4.69, 9.17) is 9.47 Å². The molecule has 2 amide bonds. The van der Waals surface area contributed by atoms with Gasteiger partial charge in [-0.2, -0.15) is 0 Å². The highest BCUT2D eigenvalue weighted by atomic mass is 16.5. The first kappa shape index (κ1) is 23.6. The molecule has 2 heterocycles. The molecular weight excluding hydrogens is 460 g/mol. The number of hydrogen-bond acceptors (Lipinski definition) is 7. The van der Waals surface area contributed by atoms with Gasteiger partial charge in [0.05, 0.1) is 31.7 Å². The molecule has 8 nitrogen and oxygen atoms in total. The van der Waals surface area contributed by atoms with Crippen LogP contribution in [0.4, 0.5) is 5.69 Å². The highest BCUT2D eigenvalue weighted by Gasteiger charge is 2.69. The third kappa shape index (κ3) is 3.37. The summed E-state index contributed by atoms with van der Waals surface area (Å²) in [5.41, 5.74) is 0.934. The van der Waals surface area contributed by atoms with Crippen LogP contribution in [0.25, 0.3) is 0 Å². The predicted molar refractivity (Wildman–Crippen MR) is 131 cm³/mol. The fraction of sp³-hybridized carbons (Fsp3) is 0.250. The molecule has 8 heteroatoms. The number of nitrogens with one attached hydrogen (secondary N) is 1. The lowest BCUT2D eigenvalue weighted by atomic mass is 9.75. The normalized spacial score (nSPS) is 25.1. The largest absolute Gasteiger partial charge is 0.504 e. The van der Waals surface area contributed by atoms with Gasteiger partial charge >= 0.3 is 5.97 Å². The maximum Gasteiger partial charge on any atom is 0.331 e. The maximum atomic E-state index is 14.0. The molecule has 36 heavy (non-hydrogen) atoms. The van der Waals surface area contributed by atoms with E-state index in [0.29, 0.717) is 16.8 Å². The number of rotatable bonds is 5. The third-order valence-corrected chi connectivity index (χ3v) is 7.15. The van der Waals surface area contributed by atoms with Crippen molar-refractivity contribution in [1.29, 1.82) is 0 Å². The molecular formula is C28H26N2O6. The lowest BCUT2D eigenvalue weighted by Gasteiger charge is -2.33. The molecule has 2 N–H and O–H groups in total. The first-order valence-electron chi connectivity index (χ1n) is 11.6. The van der Waals surface area contributed by atoms with Crippen LogP contribution < -0.4 is 15.0 Å². The van der Waals surface area contributed by atoms with E-state index in [1.54, 1.807) is 48.5 Å². The standard InChI is InChI=1S/C28H26N2O6/c1-16-9-12-19(13-10-16)30-25(32)22-23(26(30)33)28(27(34)36-3,18-7-5-4-6-8-18)29-24(22)17-11-14-20(31)21(15-17)35-2/h4-15,22-24,29,31H,1-3H3/t22-,23+,24+,28+/m0/s1. The van der Waals surface area contributed by atoms with E-state index in [1.165, 1.54) is 25.2 Å². The highest BCUT2D eigenvalue weighted by molar-refractivity contribution is 6.24. The van der Waals surface area contributed by atoms with Crippen LogP contribution in [0.1, 0.15) is 22.7 Å². The summed E-state index contributed by atoms with van der Waals surface area (Å²) >= 11 is 0. The van der Waals surface area contributed by atoms with E-state index >= 15 is 0 Å². The molecule has 4 atom stereocenters. The zero-order chi connectivity index (χ0) is 25.6. The Morgan fingerprint density at radius 1 is 0.972 bits per heavy atom. The van der Waals surface area contributed by atoms with Gasteiger partial charge in [0.1, 0.15) is 0 Å². The molecule has 0 spiro atoms. The van der Waals surface area contributed by atoms with Gasteiger partial charge in [-0.25, -0.2) is 9.69 Å². The first-order valence-corrected chi connectivity index (χ1v) is 11.6. The molecule has 2 saturated heterocycles. The number of esters is 1. The Bertz CT molecular complexity index is 1340. The van der Waals surface area contributed by atoms with Crippen LogP contribution in [0.15, 0.2) is 72.8 Å². The Kier molecular flexibility index (Phi) is 5.76. The Morgan fingerprint density at radius 3 is 2.31 bits per heavy atom. The van der Waals surface area contributed by atoms with Crippen LogP contribution in [-0.2, 0) is 24.7 Å². The summed E-state index contributed by atoms with van der Waals surface area (Å²) in [6, 6.07) is 19.9. The van der Waals surface area contributed by atoms with E-state index in [-0.39, 0.29) is 11.5 Å². The monoisotopic (exact) mass is 486 g/mol. The van der Waals surface area contributed by atoms with Gasteiger partial charge in [-0.1, -0.05) is 54.1 Å². The van der Waals surface area contributed by atoms with Gasteiger partial charge in [-0.15, -0.1) is 0 Å². The van der Waals surface area contributed by atoms with Crippen LogP contribution in [-0.4, -0.2) is 37.1 Å². The van der Waals surface area contributed by atoms with E-state index < -0.39 is 41.2 Å². The van der Waals surface area contributed by atoms with Crippen LogP contribution in [0.5, 0.6) is 11.5 Å². The van der Waals surface area contributed by atoms with Gasteiger partial charge in [0.25, 0.3) is 0 Å². The summed E-state index contributed by atoms with van der Waals surface area (Å²) in [4.78, 5) is 42.7. The van der Waals surface area contributed by atoms with E-state index in [9.17, 15) is 19.5 Å². The number of aryl methyl sites for hydroxylation is 1. The molecule has 2 aliphatic rings. The van der Waals surface area contributed by atoms with E-state index in [2.05, 4.69) is 5.32 Å². The quantitative estimate of drug-likeness (QED) is 0.421. The number of nitrogens with zero attached hydrogens (tertiary/aromatic N) is 1. The Morgan fingerprint density at radius 2 is 1.67 bits per heavy atom. The number of methoxy groups -OCH3 is 2. The van der Waals surface area contributed by atoms with Crippen LogP contribution in [0, 0.1) is 18.8 Å². The van der Waals surface area contributed by atoms with Crippen molar-refractivity contribution in [2.45, 2.75) is 18.5 Å². The maximum absolute atomic E-state index is 14.0. The molecule has 3 aromatic carbocycles. The van der Waals surface area contributed by atoms with Gasteiger partial charge in [-0.3, -0.25) is 14.9 Å². The number of anilines is 1. The van der Waals surface area contributed by atoms with Gasteiger partial charge in [0.15, 0.2) is 17.0 Å². The zero-order valence-electron chi connectivity index (χ0n) is 20.1. The lowest BCUT2D eigenvalue weighted by Crippen LogP contribution is -2.53. The van der Waals surface area contributed by atoms with Gasteiger partial charge in [0.2, 0.25) is 11.8 Å². The summed E-state index contributed by atoms with van der Waals surface area (Å²) in [6.45, 7) is 1.92. The molecule has 0 aromatic heterocycles. The molecule has 0 saturated carbocycles. The number of amides is 2. The van der Waals surface area contributed by atoms with Crippen molar-refractivity contribution in [3.8, 4) is 11.5 Å². The summed E-state index contributed by atoms with van der Waals surface area (Å²) in [6.07, 6.45) is 0. The van der Waals surface area contributed by atoms with Crippen LogP contribution in [0.3, 0.4) is 0 Å². The molecule has 2 aliphatic heterocycles. The first-order chi connectivity index (χ1) is 17.3. The number of aromatic hydroxyl groups is 1. The summed E-state index contributed by atoms with van der Waals surface area (Å²) in [7, 11) is 2.69. The summed E-state index contributed by atoms with van der Waals surface area (Å²) in [5, 5.41) is 13.5. The van der Waals surface area contributed by atoms with Crippen molar-refractivity contribution in [2.75, 3.05) is 19.1 Å². The van der Waals surface area contributed by atoms with Crippen molar-refractivity contribution >= 4 is 23.5 Å². The van der Waals surface area contributed by atoms with Crippen molar-refractivity contribution in [3.05, 3.63) is 89.5 Å². The second-order valence-electron chi connectivity index (χ2n) is 9.07. The number of phenolic OH excluding ortho intramolecular Hbond substituents is 1. The summed E-state index contributed by atoms with van der Waals surface area (Å²) < 4.78 is 10.5. The minimum Gasteiger partial charge on any atom is -0.504 e. The summed E-state index contributed by atoms with van der Waals surface area (Å²) in [5.74, 6) is -3.38. The second-order valence-corrected chi connectivity index (χ2v) is 9.07. The van der Waals surface area contributed by atoms with Gasteiger partial charge in [-0.05, 0) is 42.3 Å². The zero-order valence-corrected chi connectivity index (χ0v) is 20.1. The van der Waals surface area contributed by atoms with E-state index in [0.717, 1.165) is 5.56 Å². The number of carbonyl (C=O) groups excluding carboxylic acids is 3. The third-order valence-electron chi connectivity index (χ3n) is 7.15. The molecule has 0 unspecified atom stereocenters. The van der Waals surface area contributed by atoms with Crippen molar-refractivity contribution in [3.63, 3.8) is 0 Å². The van der Waals surface area contributed by atoms with Crippen molar-refractivity contribution in [1.82, 2.24) is 5.32 Å². The number of imide groups is 1. The van der Waals surface area contributed by atoms with Crippen LogP contribution >= 0.6 is 0 Å². The highest BCUT2D eigenvalue weighted by Crippen LogP contribution is 2.54. The number of ether oxygens (including phenoxy) is 2.